The number of rotatable bonds is 14. The Kier molecular flexibility index (Phi) is 12.6. The number of hydrogen-bond acceptors (Lipinski definition) is 8. The number of carbonyl (C=O) groups is 5. The molecule has 12 nitrogen and oxygen atoms in total. The highest BCUT2D eigenvalue weighted by Crippen LogP contribution is 2.04. The number of nitrogens with two attached hydrogens (primary N) is 1. The van der Waals surface area contributed by atoms with E-state index in [0.717, 1.165) is 0 Å². The molecule has 28 heavy (non-hydrogen) atoms. The lowest BCUT2D eigenvalue weighted by Gasteiger charge is -2.23. The van der Waals surface area contributed by atoms with Crippen LogP contribution in [0.15, 0.2) is 0 Å². The summed E-state index contributed by atoms with van der Waals surface area (Å²) in [5.41, 5.74) is 5.12. The van der Waals surface area contributed by atoms with Crippen LogP contribution in [0.2, 0.25) is 0 Å². The monoisotopic (exact) mass is 422 g/mol. The fourth-order valence-electron chi connectivity index (χ4n) is 2.02. The molecule has 160 valence electrons. The van der Waals surface area contributed by atoms with Gasteiger partial charge in [0.2, 0.25) is 17.7 Å². The van der Waals surface area contributed by atoms with E-state index in [2.05, 4.69) is 16.0 Å². The summed E-state index contributed by atoms with van der Waals surface area (Å²) < 4.78 is 0. The average Bonchev–Trinajstić information content (AvgIpc) is 2.65. The maximum absolute atomic E-state index is 12.4. The smallest absolute Gasteiger partial charge is 0.326 e. The Labute approximate surface area is 165 Å². The summed E-state index contributed by atoms with van der Waals surface area (Å²) in [5, 5.41) is 33.9. The quantitative estimate of drug-likeness (QED) is 0.152. The molecule has 3 amide bonds. The second-order valence-corrected chi connectivity index (χ2v) is 6.67. The van der Waals surface area contributed by atoms with Crippen LogP contribution in [0.5, 0.6) is 0 Å². The summed E-state index contributed by atoms with van der Waals surface area (Å²) in [4.78, 5) is 58.0. The summed E-state index contributed by atoms with van der Waals surface area (Å²) >= 11 is 1.38. The number of hydrogen-bond donors (Lipinski definition) is 7. The molecule has 0 bridgehead atoms. The summed E-state index contributed by atoms with van der Waals surface area (Å²) in [6, 6.07) is -3.98. The summed E-state index contributed by atoms with van der Waals surface area (Å²) in [6.07, 6.45) is 1.11. The van der Waals surface area contributed by atoms with Crippen molar-refractivity contribution in [3.8, 4) is 0 Å². The Hall–Kier alpha value is -2.38. The van der Waals surface area contributed by atoms with Crippen molar-refractivity contribution in [1.82, 2.24) is 16.0 Å². The first-order valence-electron chi connectivity index (χ1n) is 8.30. The van der Waals surface area contributed by atoms with Gasteiger partial charge in [-0.05, 0) is 24.9 Å². The number of aliphatic hydroxyl groups excluding tert-OH is 1. The highest BCUT2D eigenvalue weighted by molar-refractivity contribution is 7.98. The van der Waals surface area contributed by atoms with Crippen molar-refractivity contribution < 1.29 is 39.3 Å². The molecule has 0 saturated heterocycles. The SMILES string of the molecule is CSCCC(NC(=O)C(CCC(=O)O)NC(=O)C(CO)NC(=O)CN)C(=O)O. The number of aliphatic hydroxyl groups is 1. The summed E-state index contributed by atoms with van der Waals surface area (Å²) in [7, 11) is 0. The molecule has 3 unspecified atom stereocenters. The first-order valence-corrected chi connectivity index (χ1v) is 9.70. The Morgan fingerprint density at radius 3 is 1.96 bits per heavy atom. The molecule has 0 aliphatic heterocycles. The van der Waals surface area contributed by atoms with Crippen molar-refractivity contribution >= 4 is 41.4 Å². The molecular formula is C15H26N4O8S. The molecule has 0 rings (SSSR count). The van der Waals surface area contributed by atoms with Crippen LogP contribution in [0.25, 0.3) is 0 Å². The fourth-order valence-corrected chi connectivity index (χ4v) is 2.49. The van der Waals surface area contributed by atoms with Crippen molar-refractivity contribution in [1.29, 1.82) is 0 Å². The number of amides is 3. The minimum absolute atomic E-state index is 0.133. The van der Waals surface area contributed by atoms with Gasteiger partial charge in [0, 0.05) is 6.42 Å². The zero-order valence-corrected chi connectivity index (χ0v) is 16.2. The normalized spacial score (nSPS) is 13.7. The standard InChI is InChI=1S/C15H26N4O8S/c1-28-5-4-9(15(26)27)19-13(24)8(2-3-12(22)23)18-14(25)10(7-20)17-11(21)6-16/h8-10,20H,2-7,16H2,1H3,(H,17,21)(H,18,25)(H,19,24)(H,22,23)(H,26,27). The van der Waals surface area contributed by atoms with E-state index in [1.54, 1.807) is 6.26 Å². The number of carboxylic acids is 2. The maximum atomic E-state index is 12.4. The highest BCUT2D eigenvalue weighted by atomic mass is 32.2. The number of carboxylic acid groups (broad SMARTS) is 2. The summed E-state index contributed by atoms with van der Waals surface area (Å²) in [5.74, 6) is -4.57. The number of nitrogens with one attached hydrogen (secondary N) is 3. The van der Waals surface area contributed by atoms with Crippen molar-refractivity contribution in [3.63, 3.8) is 0 Å². The third kappa shape index (κ3) is 10.1. The van der Waals surface area contributed by atoms with Gasteiger partial charge in [0.25, 0.3) is 0 Å². The molecule has 0 radical (unpaired) electrons. The van der Waals surface area contributed by atoms with Gasteiger partial charge in [-0.1, -0.05) is 0 Å². The summed E-state index contributed by atoms with van der Waals surface area (Å²) in [6.45, 7) is -1.21. The molecule has 8 N–H and O–H groups in total. The molecule has 0 aromatic heterocycles. The first-order chi connectivity index (χ1) is 13.2. The van der Waals surface area contributed by atoms with Crippen LogP contribution in [0, 0.1) is 0 Å². The van der Waals surface area contributed by atoms with Crippen LogP contribution in [0.4, 0.5) is 0 Å². The van der Waals surface area contributed by atoms with Gasteiger partial charge in [0.05, 0.1) is 13.2 Å². The van der Waals surface area contributed by atoms with Crippen LogP contribution < -0.4 is 21.7 Å². The third-order valence-electron chi connectivity index (χ3n) is 3.52. The van der Waals surface area contributed by atoms with Crippen LogP contribution in [-0.2, 0) is 24.0 Å². The average molecular weight is 422 g/mol. The predicted molar refractivity (Wildman–Crippen MR) is 99.4 cm³/mol. The second kappa shape index (κ2) is 13.7. The minimum atomic E-state index is -1.40. The van der Waals surface area contributed by atoms with Crippen molar-refractivity contribution in [2.24, 2.45) is 5.73 Å². The van der Waals surface area contributed by atoms with Gasteiger partial charge in [0.1, 0.15) is 18.1 Å². The molecule has 0 aliphatic carbocycles. The van der Waals surface area contributed by atoms with E-state index in [0.29, 0.717) is 5.75 Å². The molecule has 13 heteroatoms. The zero-order chi connectivity index (χ0) is 21.7. The van der Waals surface area contributed by atoms with Gasteiger partial charge in [-0.15, -0.1) is 0 Å². The Balaban J connectivity index is 5.19. The van der Waals surface area contributed by atoms with Gasteiger partial charge >= 0.3 is 11.9 Å². The number of aliphatic carboxylic acids is 2. The molecule has 3 atom stereocenters. The Bertz CT molecular complexity index is 574. The minimum Gasteiger partial charge on any atom is -0.481 e. The van der Waals surface area contributed by atoms with Crippen molar-refractivity contribution in [3.05, 3.63) is 0 Å². The topological polar surface area (TPSA) is 208 Å². The fraction of sp³-hybridized carbons (Fsp3) is 0.667. The van der Waals surface area contributed by atoms with Crippen molar-refractivity contribution in [2.45, 2.75) is 37.4 Å². The van der Waals surface area contributed by atoms with E-state index >= 15 is 0 Å². The molecular weight excluding hydrogens is 396 g/mol. The molecule has 0 heterocycles. The van der Waals surface area contributed by atoms with E-state index in [9.17, 15) is 34.2 Å². The van der Waals surface area contributed by atoms with Crippen molar-refractivity contribution in [2.75, 3.05) is 25.2 Å². The molecule has 0 aromatic rings. The predicted octanol–water partition coefficient (Wildman–Crippen LogP) is -2.91. The lowest BCUT2D eigenvalue weighted by atomic mass is 10.1. The highest BCUT2D eigenvalue weighted by Gasteiger charge is 2.29. The zero-order valence-electron chi connectivity index (χ0n) is 15.3. The van der Waals surface area contributed by atoms with E-state index in [-0.39, 0.29) is 12.8 Å². The Morgan fingerprint density at radius 1 is 0.929 bits per heavy atom. The van der Waals surface area contributed by atoms with Gasteiger partial charge < -0.3 is 37.0 Å². The van der Waals surface area contributed by atoms with E-state index in [1.807, 2.05) is 0 Å². The van der Waals surface area contributed by atoms with E-state index in [1.165, 1.54) is 11.8 Å². The molecule has 0 spiro atoms. The third-order valence-corrected chi connectivity index (χ3v) is 4.17. The van der Waals surface area contributed by atoms with E-state index < -0.39 is 67.4 Å². The van der Waals surface area contributed by atoms with Gasteiger partial charge in [-0.3, -0.25) is 19.2 Å². The van der Waals surface area contributed by atoms with Crippen LogP contribution in [0.3, 0.4) is 0 Å². The van der Waals surface area contributed by atoms with Crippen LogP contribution in [-0.4, -0.2) is 88.3 Å². The first kappa shape index (κ1) is 25.6. The molecule has 0 fully saturated rings. The van der Waals surface area contributed by atoms with Gasteiger partial charge in [0.15, 0.2) is 0 Å². The maximum Gasteiger partial charge on any atom is 0.326 e. The lowest BCUT2D eigenvalue weighted by molar-refractivity contribution is -0.143. The number of carbonyl (C=O) groups excluding carboxylic acids is 3. The molecule has 0 aliphatic rings. The van der Waals surface area contributed by atoms with E-state index in [4.69, 9.17) is 10.8 Å². The van der Waals surface area contributed by atoms with Gasteiger partial charge in [-0.2, -0.15) is 11.8 Å². The van der Waals surface area contributed by atoms with Gasteiger partial charge in [-0.25, -0.2) is 4.79 Å². The molecule has 0 aromatic carbocycles. The Morgan fingerprint density at radius 2 is 1.50 bits per heavy atom. The lowest BCUT2D eigenvalue weighted by Crippen LogP contribution is -2.57. The van der Waals surface area contributed by atoms with Crippen LogP contribution in [0.1, 0.15) is 19.3 Å². The number of thioether (sulfide) groups is 1. The van der Waals surface area contributed by atoms with Crippen LogP contribution >= 0.6 is 11.8 Å². The second-order valence-electron chi connectivity index (χ2n) is 5.68. The largest absolute Gasteiger partial charge is 0.481 e. The molecule has 0 saturated carbocycles.